The Morgan fingerprint density at radius 3 is 2.69 bits per heavy atom. The van der Waals surface area contributed by atoms with Gasteiger partial charge in [0.05, 0.1) is 4.88 Å². The monoisotopic (exact) mass is 241 g/mol. The minimum absolute atomic E-state index is 0.0952. The first-order valence-electron chi connectivity index (χ1n) is 4.89. The molecule has 0 aliphatic carbocycles. The van der Waals surface area contributed by atoms with Gasteiger partial charge in [-0.15, -0.1) is 11.3 Å². The predicted octanol–water partition coefficient (Wildman–Crippen LogP) is 0.505. The number of carbonyl (C=O) groups excluding carboxylic acids is 2. The van der Waals surface area contributed by atoms with Crippen LogP contribution in [-0.2, 0) is 4.79 Å². The summed E-state index contributed by atoms with van der Waals surface area (Å²) in [6.07, 6.45) is 0.280. The van der Waals surface area contributed by atoms with Crippen LogP contribution in [0.5, 0.6) is 0 Å². The van der Waals surface area contributed by atoms with Gasteiger partial charge in [-0.3, -0.25) is 9.59 Å². The molecule has 6 heteroatoms. The summed E-state index contributed by atoms with van der Waals surface area (Å²) in [6, 6.07) is 1.65. The number of anilines is 1. The molecular weight excluding hydrogens is 226 g/mol. The molecule has 88 valence electrons. The van der Waals surface area contributed by atoms with Crippen molar-refractivity contribution in [3.05, 3.63) is 15.8 Å². The van der Waals surface area contributed by atoms with E-state index in [2.05, 4.69) is 10.6 Å². The summed E-state index contributed by atoms with van der Waals surface area (Å²) in [5.74, 6) is -0.282. The molecule has 0 aromatic carbocycles. The first-order chi connectivity index (χ1) is 7.54. The first-order valence-corrected chi connectivity index (χ1v) is 5.71. The molecule has 1 rings (SSSR count). The van der Waals surface area contributed by atoms with E-state index in [9.17, 15) is 9.59 Å². The van der Waals surface area contributed by atoms with Gasteiger partial charge in [0.2, 0.25) is 5.91 Å². The second-order valence-electron chi connectivity index (χ2n) is 3.30. The van der Waals surface area contributed by atoms with Gasteiger partial charge in [0.25, 0.3) is 5.91 Å². The quantitative estimate of drug-likeness (QED) is 0.718. The van der Waals surface area contributed by atoms with Crippen LogP contribution in [0, 0.1) is 6.92 Å². The van der Waals surface area contributed by atoms with E-state index in [0.717, 1.165) is 4.88 Å². The lowest BCUT2D eigenvalue weighted by Crippen LogP contribution is -2.28. The number of nitrogen functional groups attached to an aromatic ring is 1. The molecule has 0 saturated carbocycles. The summed E-state index contributed by atoms with van der Waals surface area (Å²) in [5.41, 5.74) is 6.27. The van der Waals surface area contributed by atoms with Gasteiger partial charge >= 0.3 is 0 Å². The molecule has 0 aliphatic heterocycles. The standard InChI is InChI=1S/C10H15N3O2S/c1-6-7(11)5-8(16-6)10(15)13-4-3-9(14)12-2/h5H,3-4,11H2,1-2H3,(H,12,14)(H,13,15). The zero-order valence-corrected chi connectivity index (χ0v) is 10.1. The minimum Gasteiger partial charge on any atom is -0.398 e. The Morgan fingerprint density at radius 1 is 1.50 bits per heavy atom. The number of hydrogen-bond donors (Lipinski definition) is 3. The molecule has 0 fully saturated rings. The van der Waals surface area contributed by atoms with Crippen molar-refractivity contribution in [3.63, 3.8) is 0 Å². The first kappa shape index (κ1) is 12.5. The second-order valence-corrected chi connectivity index (χ2v) is 4.56. The van der Waals surface area contributed by atoms with E-state index in [4.69, 9.17) is 5.73 Å². The lowest BCUT2D eigenvalue weighted by atomic mass is 10.3. The number of carbonyl (C=O) groups is 2. The molecular formula is C10H15N3O2S. The normalized spacial score (nSPS) is 9.88. The average Bonchev–Trinajstić information content (AvgIpc) is 2.59. The number of thiophene rings is 1. The summed E-state index contributed by atoms with van der Waals surface area (Å²) in [5, 5.41) is 5.14. The van der Waals surface area contributed by atoms with E-state index in [-0.39, 0.29) is 18.2 Å². The van der Waals surface area contributed by atoms with E-state index in [0.29, 0.717) is 17.1 Å². The molecule has 1 aromatic heterocycles. The van der Waals surface area contributed by atoms with Crippen molar-refractivity contribution in [2.75, 3.05) is 19.3 Å². The van der Waals surface area contributed by atoms with Crippen molar-refractivity contribution in [2.45, 2.75) is 13.3 Å². The lowest BCUT2D eigenvalue weighted by Gasteiger charge is -2.02. The van der Waals surface area contributed by atoms with Crippen molar-refractivity contribution in [2.24, 2.45) is 0 Å². The van der Waals surface area contributed by atoms with Crippen LogP contribution in [0.4, 0.5) is 5.69 Å². The van der Waals surface area contributed by atoms with Gasteiger partial charge in [0, 0.05) is 30.6 Å². The Hall–Kier alpha value is -1.56. The fourth-order valence-electron chi connectivity index (χ4n) is 1.11. The third-order valence-corrected chi connectivity index (χ3v) is 3.16. The van der Waals surface area contributed by atoms with Gasteiger partial charge in [-0.2, -0.15) is 0 Å². The van der Waals surface area contributed by atoms with Crippen molar-refractivity contribution in [1.29, 1.82) is 0 Å². The smallest absolute Gasteiger partial charge is 0.261 e. The summed E-state index contributed by atoms with van der Waals surface area (Å²) in [6.45, 7) is 2.19. The van der Waals surface area contributed by atoms with Crippen LogP contribution in [0.1, 0.15) is 21.0 Å². The molecule has 5 nitrogen and oxygen atoms in total. The molecule has 0 bridgehead atoms. The maximum Gasteiger partial charge on any atom is 0.261 e. The van der Waals surface area contributed by atoms with Crippen LogP contribution < -0.4 is 16.4 Å². The van der Waals surface area contributed by atoms with Crippen LogP contribution >= 0.6 is 11.3 Å². The Kier molecular flexibility index (Phi) is 4.30. The molecule has 0 aliphatic rings. The van der Waals surface area contributed by atoms with Crippen LogP contribution in [0.15, 0.2) is 6.07 Å². The Labute approximate surface area is 98.0 Å². The number of nitrogens with two attached hydrogens (primary N) is 1. The van der Waals surface area contributed by atoms with Crippen molar-refractivity contribution in [3.8, 4) is 0 Å². The van der Waals surface area contributed by atoms with Gasteiger partial charge in [0.1, 0.15) is 0 Å². The highest BCUT2D eigenvalue weighted by Gasteiger charge is 2.10. The molecule has 16 heavy (non-hydrogen) atoms. The molecule has 0 spiro atoms. The number of aryl methyl sites for hydroxylation is 1. The molecule has 1 heterocycles. The third-order valence-electron chi connectivity index (χ3n) is 2.10. The highest BCUT2D eigenvalue weighted by Crippen LogP contribution is 2.22. The van der Waals surface area contributed by atoms with Gasteiger partial charge in [-0.1, -0.05) is 0 Å². The maximum atomic E-state index is 11.6. The molecule has 0 radical (unpaired) electrons. The Morgan fingerprint density at radius 2 is 2.19 bits per heavy atom. The molecule has 0 unspecified atom stereocenters. The highest BCUT2D eigenvalue weighted by atomic mass is 32.1. The number of nitrogens with one attached hydrogen (secondary N) is 2. The lowest BCUT2D eigenvalue weighted by molar-refractivity contribution is -0.120. The van der Waals surface area contributed by atoms with Gasteiger partial charge in [-0.05, 0) is 13.0 Å². The van der Waals surface area contributed by atoms with Crippen molar-refractivity contribution >= 4 is 28.8 Å². The molecule has 4 N–H and O–H groups in total. The largest absolute Gasteiger partial charge is 0.398 e. The van der Waals surface area contributed by atoms with E-state index in [1.807, 2.05) is 6.92 Å². The fraction of sp³-hybridized carbons (Fsp3) is 0.400. The Balaban J connectivity index is 2.44. The number of hydrogen-bond acceptors (Lipinski definition) is 4. The van der Waals surface area contributed by atoms with Crippen molar-refractivity contribution < 1.29 is 9.59 Å². The number of amides is 2. The molecule has 0 atom stereocenters. The third kappa shape index (κ3) is 3.23. The SMILES string of the molecule is CNC(=O)CCNC(=O)c1cc(N)c(C)s1. The fourth-order valence-corrected chi connectivity index (χ4v) is 1.97. The van der Waals surface area contributed by atoms with Crippen LogP contribution in [0.2, 0.25) is 0 Å². The zero-order valence-electron chi connectivity index (χ0n) is 9.29. The van der Waals surface area contributed by atoms with Gasteiger partial charge in [0.15, 0.2) is 0 Å². The summed E-state index contributed by atoms with van der Waals surface area (Å²) < 4.78 is 0. The number of rotatable bonds is 4. The van der Waals surface area contributed by atoms with Gasteiger partial charge < -0.3 is 16.4 Å². The Bertz CT molecular complexity index is 381. The van der Waals surface area contributed by atoms with Crippen LogP contribution in [0.3, 0.4) is 0 Å². The maximum absolute atomic E-state index is 11.6. The highest BCUT2D eigenvalue weighted by molar-refractivity contribution is 7.14. The summed E-state index contributed by atoms with van der Waals surface area (Å²) in [7, 11) is 1.56. The molecule has 1 aromatic rings. The van der Waals surface area contributed by atoms with E-state index in [1.54, 1.807) is 13.1 Å². The summed E-state index contributed by atoms with van der Waals surface area (Å²) >= 11 is 1.35. The van der Waals surface area contributed by atoms with E-state index in [1.165, 1.54) is 11.3 Å². The second kappa shape index (κ2) is 5.50. The zero-order chi connectivity index (χ0) is 12.1. The molecule has 2 amide bonds. The van der Waals surface area contributed by atoms with Crippen molar-refractivity contribution in [1.82, 2.24) is 10.6 Å². The van der Waals surface area contributed by atoms with E-state index < -0.39 is 0 Å². The van der Waals surface area contributed by atoms with Crippen LogP contribution in [-0.4, -0.2) is 25.4 Å². The minimum atomic E-state index is -0.186. The van der Waals surface area contributed by atoms with Gasteiger partial charge in [-0.25, -0.2) is 0 Å². The predicted molar refractivity (Wildman–Crippen MR) is 64.5 cm³/mol. The summed E-state index contributed by atoms with van der Waals surface area (Å²) in [4.78, 5) is 24.0. The van der Waals surface area contributed by atoms with E-state index >= 15 is 0 Å². The topological polar surface area (TPSA) is 84.2 Å². The average molecular weight is 241 g/mol. The molecule has 0 saturated heterocycles. The van der Waals surface area contributed by atoms with Crippen LogP contribution in [0.25, 0.3) is 0 Å².